The van der Waals surface area contributed by atoms with E-state index in [9.17, 15) is 14.7 Å². The van der Waals surface area contributed by atoms with E-state index in [0.29, 0.717) is 19.3 Å². The Morgan fingerprint density at radius 3 is 2.47 bits per heavy atom. The first kappa shape index (κ1) is 12.3. The van der Waals surface area contributed by atoms with Crippen molar-refractivity contribution in [1.82, 2.24) is 0 Å². The lowest BCUT2D eigenvalue weighted by atomic mass is 9.69. The molecular weight excluding hydrogens is 284 g/mol. The van der Waals surface area contributed by atoms with Crippen molar-refractivity contribution < 1.29 is 14.7 Å². The Hall–Kier alpha value is -1.16. The number of hydrogen-bond acceptors (Lipinski definition) is 2. The van der Waals surface area contributed by atoms with Gasteiger partial charge in [-0.1, -0.05) is 28.1 Å². The molecule has 1 atom stereocenters. The van der Waals surface area contributed by atoms with Crippen molar-refractivity contribution in [2.24, 2.45) is 0 Å². The van der Waals surface area contributed by atoms with Crippen LogP contribution < -0.4 is 0 Å². The molecule has 0 spiro atoms. The number of carbonyl (C=O) groups excluding carboxylic acids is 1. The van der Waals surface area contributed by atoms with Crippen LogP contribution in [0.2, 0.25) is 0 Å². The third-order valence-corrected chi connectivity index (χ3v) is 3.89. The van der Waals surface area contributed by atoms with E-state index < -0.39 is 11.4 Å². The van der Waals surface area contributed by atoms with Crippen LogP contribution in [-0.2, 0) is 15.0 Å². The summed E-state index contributed by atoms with van der Waals surface area (Å²) in [4.78, 5) is 23.1. The predicted molar refractivity (Wildman–Crippen MR) is 66.9 cm³/mol. The van der Waals surface area contributed by atoms with Crippen LogP contribution in [0, 0.1) is 0 Å². The van der Waals surface area contributed by atoms with E-state index in [-0.39, 0.29) is 12.2 Å². The van der Waals surface area contributed by atoms with Gasteiger partial charge in [-0.15, -0.1) is 0 Å². The zero-order valence-corrected chi connectivity index (χ0v) is 10.9. The van der Waals surface area contributed by atoms with Gasteiger partial charge < -0.3 is 5.11 Å². The molecule has 17 heavy (non-hydrogen) atoms. The fraction of sp³-hybridized carbons (Fsp3) is 0.385. The fourth-order valence-electron chi connectivity index (χ4n) is 2.42. The van der Waals surface area contributed by atoms with E-state index in [0.717, 1.165) is 10.0 Å². The van der Waals surface area contributed by atoms with Crippen LogP contribution in [0.4, 0.5) is 0 Å². The number of hydrogen-bond donors (Lipinski definition) is 1. The number of Topliss-reactive ketones (excluding diaryl/α,β-unsaturated/α-hetero) is 1. The van der Waals surface area contributed by atoms with Gasteiger partial charge in [0.2, 0.25) is 0 Å². The molecule has 0 amide bonds. The third-order valence-electron chi connectivity index (χ3n) is 3.36. The molecule has 1 unspecified atom stereocenters. The lowest BCUT2D eigenvalue weighted by Crippen LogP contribution is -2.40. The van der Waals surface area contributed by atoms with Crippen LogP contribution in [0.3, 0.4) is 0 Å². The number of halogens is 1. The molecule has 0 heterocycles. The highest BCUT2D eigenvalue weighted by Gasteiger charge is 2.44. The molecule has 1 fully saturated rings. The van der Waals surface area contributed by atoms with Crippen LogP contribution >= 0.6 is 15.9 Å². The Bertz CT molecular complexity index is 452. The third kappa shape index (κ3) is 2.27. The molecular formula is C13H13BrO3. The molecule has 0 aromatic heterocycles. The molecule has 1 saturated carbocycles. The lowest BCUT2D eigenvalue weighted by Gasteiger charge is -2.32. The van der Waals surface area contributed by atoms with Crippen LogP contribution in [0.5, 0.6) is 0 Å². The maximum absolute atomic E-state index is 11.6. The second-order valence-electron chi connectivity index (χ2n) is 4.46. The minimum Gasteiger partial charge on any atom is -0.481 e. The molecule has 90 valence electrons. The van der Waals surface area contributed by atoms with Gasteiger partial charge in [0.25, 0.3) is 0 Å². The molecule has 0 saturated heterocycles. The first-order valence-electron chi connectivity index (χ1n) is 5.56. The molecule has 1 N–H and O–H groups in total. The van der Waals surface area contributed by atoms with Gasteiger partial charge in [-0.05, 0) is 30.5 Å². The van der Waals surface area contributed by atoms with Crippen LogP contribution in [0.1, 0.15) is 31.2 Å². The molecule has 0 bridgehead atoms. The molecule has 2 rings (SSSR count). The number of carboxylic acid groups (broad SMARTS) is 1. The smallest absolute Gasteiger partial charge is 0.314 e. The van der Waals surface area contributed by atoms with Gasteiger partial charge in [0.05, 0.1) is 5.41 Å². The number of aliphatic carboxylic acids is 1. The van der Waals surface area contributed by atoms with Gasteiger partial charge in [-0.3, -0.25) is 9.59 Å². The fourth-order valence-corrected chi connectivity index (χ4v) is 2.69. The summed E-state index contributed by atoms with van der Waals surface area (Å²) < 4.78 is 0.906. The average Bonchev–Trinajstić information content (AvgIpc) is 2.29. The summed E-state index contributed by atoms with van der Waals surface area (Å²) in [5.41, 5.74) is -0.294. The molecule has 0 aliphatic heterocycles. The first-order valence-corrected chi connectivity index (χ1v) is 6.35. The highest BCUT2D eigenvalue weighted by atomic mass is 79.9. The van der Waals surface area contributed by atoms with E-state index in [2.05, 4.69) is 15.9 Å². The number of benzene rings is 1. The minimum absolute atomic E-state index is 0.0431. The summed E-state index contributed by atoms with van der Waals surface area (Å²) >= 11 is 3.32. The van der Waals surface area contributed by atoms with Gasteiger partial charge in [0.1, 0.15) is 5.78 Å². The monoisotopic (exact) mass is 296 g/mol. The maximum atomic E-state index is 11.6. The Morgan fingerprint density at radius 2 is 1.94 bits per heavy atom. The Kier molecular flexibility index (Phi) is 3.33. The Balaban J connectivity index is 2.43. The van der Waals surface area contributed by atoms with Crippen LogP contribution in [0.15, 0.2) is 28.7 Å². The highest BCUT2D eigenvalue weighted by Crippen LogP contribution is 2.38. The van der Waals surface area contributed by atoms with E-state index in [1.807, 2.05) is 12.1 Å². The minimum atomic E-state index is -1.02. The first-order chi connectivity index (χ1) is 8.04. The van der Waals surface area contributed by atoms with E-state index in [1.165, 1.54) is 0 Å². The van der Waals surface area contributed by atoms with Crippen molar-refractivity contribution in [3.8, 4) is 0 Å². The molecule has 1 aromatic carbocycles. The van der Waals surface area contributed by atoms with Gasteiger partial charge in [0, 0.05) is 17.3 Å². The van der Waals surface area contributed by atoms with Crippen LogP contribution in [0.25, 0.3) is 0 Å². The van der Waals surface area contributed by atoms with Crippen molar-refractivity contribution in [2.75, 3.05) is 0 Å². The largest absolute Gasteiger partial charge is 0.481 e. The Morgan fingerprint density at radius 1 is 1.29 bits per heavy atom. The van der Waals surface area contributed by atoms with Crippen molar-refractivity contribution in [1.29, 1.82) is 0 Å². The zero-order chi connectivity index (χ0) is 12.5. The van der Waals surface area contributed by atoms with Gasteiger partial charge in [-0.25, -0.2) is 0 Å². The number of ketones is 1. The standard InChI is InChI=1S/C13H13BrO3/c14-10-5-3-9(4-6-10)13(12(16)17)7-1-2-11(15)8-13/h3-6H,1-2,7-8H2,(H,16,17). The van der Waals surface area contributed by atoms with Crippen molar-refractivity contribution >= 4 is 27.7 Å². The van der Waals surface area contributed by atoms with Gasteiger partial charge >= 0.3 is 5.97 Å². The molecule has 3 nitrogen and oxygen atoms in total. The van der Waals surface area contributed by atoms with Crippen LogP contribution in [-0.4, -0.2) is 16.9 Å². The summed E-state index contributed by atoms with van der Waals surface area (Å²) in [6, 6.07) is 7.21. The SMILES string of the molecule is O=C1CCCC(C(=O)O)(c2ccc(Br)cc2)C1. The Labute approximate surface area is 108 Å². The second kappa shape index (κ2) is 4.61. The van der Waals surface area contributed by atoms with E-state index in [1.54, 1.807) is 12.1 Å². The summed E-state index contributed by atoms with van der Waals surface area (Å²) in [7, 11) is 0. The summed E-state index contributed by atoms with van der Waals surface area (Å²) in [6.45, 7) is 0. The maximum Gasteiger partial charge on any atom is 0.314 e. The quantitative estimate of drug-likeness (QED) is 0.913. The molecule has 1 aromatic rings. The molecule has 1 aliphatic rings. The van der Waals surface area contributed by atoms with Crippen molar-refractivity contribution in [3.63, 3.8) is 0 Å². The van der Waals surface area contributed by atoms with E-state index in [4.69, 9.17) is 0 Å². The topological polar surface area (TPSA) is 54.4 Å². The number of carboxylic acids is 1. The highest BCUT2D eigenvalue weighted by molar-refractivity contribution is 9.10. The summed E-state index contributed by atoms with van der Waals surface area (Å²) in [5, 5.41) is 9.47. The van der Waals surface area contributed by atoms with Crippen molar-refractivity contribution in [3.05, 3.63) is 34.3 Å². The normalized spacial score (nSPS) is 24.6. The summed E-state index contributed by atoms with van der Waals surface area (Å²) in [6.07, 6.45) is 1.81. The average molecular weight is 297 g/mol. The molecule has 0 radical (unpaired) electrons. The predicted octanol–water partition coefficient (Wildman–Crippen LogP) is 2.91. The lowest BCUT2D eigenvalue weighted by molar-refractivity contribution is -0.147. The van der Waals surface area contributed by atoms with Gasteiger partial charge in [-0.2, -0.15) is 0 Å². The van der Waals surface area contributed by atoms with E-state index >= 15 is 0 Å². The molecule has 4 heteroatoms. The number of carbonyl (C=O) groups is 2. The summed E-state index contributed by atoms with van der Waals surface area (Å²) in [5.74, 6) is -0.852. The zero-order valence-electron chi connectivity index (χ0n) is 9.28. The van der Waals surface area contributed by atoms with Crippen molar-refractivity contribution in [2.45, 2.75) is 31.1 Å². The molecule has 1 aliphatic carbocycles. The van der Waals surface area contributed by atoms with Gasteiger partial charge in [0.15, 0.2) is 0 Å². The second-order valence-corrected chi connectivity index (χ2v) is 5.38. The number of rotatable bonds is 2.